The topological polar surface area (TPSA) is 115 Å². The molecule has 0 spiro atoms. The van der Waals surface area contributed by atoms with Crippen molar-refractivity contribution in [2.45, 2.75) is 75.5 Å². The molecule has 5 heterocycles. The second-order valence-electron chi connectivity index (χ2n) is 10.00. The quantitative estimate of drug-likeness (QED) is 0.404. The maximum Gasteiger partial charge on any atom is 0.410 e. The maximum atomic E-state index is 13.1. The van der Waals surface area contributed by atoms with Crippen molar-refractivity contribution in [2.24, 2.45) is 0 Å². The summed E-state index contributed by atoms with van der Waals surface area (Å²) in [6.07, 6.45) is 1.76. The van der Waals surface area contributed by atoms with E-state index in [2.05, 4.69) is 15.0 Å². The number of hydrogen-bond donors (Lipinski definition) is 0. The van der Waals surface area contributed by atoms with E-state index in [0.717, 1.165) is 19.1 Å². The van der Waals surface area contributed by atoms with Crippen LogP contribution in [0.2, 0.25) is 10.2 Å². The van der Waals surface area contributed by atoms with Crippen LogP contribution < -0.4 is 9.64 Å². The molecule has 0 N–H and O–H groups in total. The highest BCUT2D eigenvalue weighted by atomic mass is 35.5. The smallest absolute Gasteiger partial charge is 0.410 e. The van der Waals surface area contributed by atoms with Gasteiger partial charge in [0.15, 0.2) is 5.15 Å². The Morgan fingerprint density at radius 1 is 1.18 bits per heavy atom. The van der Waals surface area contributed by atoms with E-state index in [0.29, 0.717) is 17.7 Å². The van der Waals surface area contributed by atoms with E-state index >= 15 is 0 Å². The second kappa shape index (κ2) is 7.69. The molecule has 2 bridgehead atoms. The average molecular weight is 530 g/mol. The molecule has 184 valence electrons. The number of ether oxygens (including phenoxy) is 2. The fourth-order valence-corrected chi connectivity index (χ4v) is 6.01. The van der Waals surface area contributed by atoms with Gasteiger partial charge >= 0.3 is 6.09 Å². The van der Waals surface area contributed by atoms with Gasteiger partial charge in [0.25, 0.3) is 0 Å². The Hall–Kier alpha value is -2.11. The number of amides is 1. The van der Waals surface area contributed by atoms with Gasteiger partial charge in [-0.2, -0.15) is 4.98 Å². The first-order valence-corrected chi connectivity index (χ1v) is 13.6. The minimum absolute atomic E-state index is 0.0269. The summed E-state index contributed by atoms with van der Waals surface area (Å²) in [5.41, 5.74) is -0.465. The lowest BCUT2D eigenvalue weighted by Gasteiger charge is -2.48. The monoisotopic (exact) mass is 529 g/mol. The molecule has 1 amide bonds. The van der Waals surface area contributed by atoms with Crippen molar-refractivity contribution in [3.63, 3.8) is 0 Å². The summed E-state index contributed by atoms with van der Waals surface area (Å²) in [5, 5.41) is 0.0258. The zero-order chi connectivity index (χ0) is 24.7. The summed E-state index contributed by atoms with van der Waals surface area (Å²) in [5.74, 6) is 0.544. The van der Waals surface area contributed by atoms with Gasteiger partial charge in [0.05, 0.1) is 18.1 Å². The van der Waals surface area contributed by atoms with Crippen LogP contribution in [-0.4, -0.2) is 77.0 Å². The number of fused-ring (bicyclic) bond motifs is 5. The normalized spacial score (nSPS) is 26.2. The van der Waals surface area contributed by atoms with Gasteiger partial charge in [-0.05, 0) is 40.5 Å². The third kappa shape index (κ3) is 3.72. The highest BCUT2D eigenvalue weighted by molar-refractivity contribution is 7.90. The molecule has 3 aliphatic heterocycles. The lowest BCUT2D eigenvalue weighted by Crippen LogP contribution is -2.65. The van der Waals surface area contributed by atoms with Gasteiger partial charge in [-0.3, -0.25) is 4.90 Å². The molecule has 34 heavy (non-hydrogen) atoms. The minimum Gasteiger partial charge on any atom is -0.472 e. The Kier molecular flexibility index (Phi) is 5.35. The number of pyridine rings is 1. The van der Waals surface area contributed by atoms with Crippen molar-refractivity contribution in [1.29, 1.82) is 0 Å². The van der Waals surface area contributed by atoms with Crippen molar-refractivity contribution < 1.29 is 22.7 Å². The van der Waals surface area contributed by atoms with Crippen LogP contribution >= 0.6 is 23.2 Å². The molecule has 2 saturated heterocycles. The highest BCUT2D eigenvalue weighted by Crippen LogP contribution is 2.46. The van der Waals surface area contributed by atoms with Crippen molar-refractivity contribution in [3.8, 4) is 5.88 Å². The number of halogens is 2. The molecule has 0 aliphatic carbocycles. The van der Waals surface area contributed by atoms with Gasteiger partial charge in [-0.25, -0.2) is 23.2 Å². The van der Waals surface area contributed by atoms with Gasteiger partial charge in [-0.15, -0.1) is 0 Å². The number of anilines is 1. The standard InChI is InChI=1S/C21H25Cl2N5O5S/c1-9-15-11-7-6-10(28(11)20(29)33-21(2,3)4)8-27(15)17-12-14(24-19(26-17)34(5,30)31)13(22)16(23)25-18(12)32-9/h9-11,15H,6-8H2,1-5H3/t9-,10+,11-,15+/m0/s1. The number of sulfone groups is 1. The van der Waals surface area contributed by atoms with Gasteiger partial charge < -0.3 is 14.4 Å². The van der Waals surface area contributed by atoms with Crippen LogP contribution in [0.15, 0.2) is 5.16 Å². The number of nitrogens with zero attached hydrogens (tertiary/aromatic N) is 5. The third-order valence-electron chi connectivity index (χ3n) is 6.37. The van der Waals surface area contributed by atoms with Gasteiger partial charge in [0.2, 0.25) is 20.9 Å². The Bertz CT molecular complexity index is 1320. The summed E-state index contributed by atoms with van der Waals surface area (Å²) in [7, 11) is -3.76. The first-order valence-electron chi connectivity index (χ1n) is 11.0. The van der Waals surface area contributed by atoms with E-state index in [1.165, 1.54) is 0 Å². The van der Waals surface area contributed by atoms with Crippen molar-refractivity contribution in [1.82, 2.24) is 19.9 Å². The first-order chi connectivity index (χ1) is 15.8. The Balaban J connectivity index is 1.69. The number of carbonyl (C=O) groups is 1. The van der Waals surface area contributed by atoms with Crippen LogP contribution in [0, 0.1) is 0 Å². The van der Waals surface area contributed by atoms with E-state index in [9.17, 15) is 13.2 Å². The molecule has 4 atom stereocenters. The van der Waals surface area contributed by atoms with E-state index in [1.54, 1.807) is 4.90 Å². The third-order valence-corrected chi connectivity index (χ3v) is 7.94. The Morgan fingerprint density at radius 2 is 1.88 bits per heavy atom. The lowest BCUT2D eigenvalue weighted by atomic mass is 9.98. The van der Waals surface area contributed by atoms with Crippen molar-refractivity contribution in [3.05, 3.63) is 10.2 Å². The maximum absolute atomic E-state index is 13.1. The highest BCUT2D eigenvalue weighted by Gasteiger charge is 2.53. The van der Waals surface area contributed by atoms with Crippen LogP contribution in [0.3, 0.4) is 0 Å². The van der Waals surface area contributed by atoms with Crippen LogP contribution in [0.4, 0.5) is 10.6 Å². The second-order valence-corrected chi connectivity index (χ2v) is 12.6. The molecule has 2 fully saturated rings. The van der Waals surface area contributed by atoms with Gasteiger partial charge in [-0.1, -0.05) is 23.2 Å². The summed E-state index contributed by atoms with van der Waals surface area (Å²) >= 11 is 12.7. The van der Waals surface area contributed by atoms with Gasteiger partial charge in [0.1, 0.15) is 33.4 Å². The largest absolute Gasteiger partial charge is 0.472 e. The Labute approximate surface area is 207 Å². The van der Waals surface area contributed by atoms with Crippen molar-refractivity contribution >= 4 is 55.9 Å². The zero-order valence-corrected chi connectivity index (χ0v) is 21.7. The molecule has 0 radical (unpaired) electrons. The summed E-state index contributed by atoms with van der Waals surface area (Å²) in [6.45, 7) is 7.81. The molecule has 3 aliphatic rings. The molecule has 5 rings (SSSR count). The average Bonchev–Trinajstić information content (AvgIpc) is 2.96. The molecular weight excluding hydrogens is 505 g/mol. The molecule has 0 unspecified atom stereocenters. The van der Waals surface area contributed by atoms with Crippen LogP contribution in [0.5, 0.6) is 5.88 Å². The summed E-state index contributed by atoms with van der Waals surface area (Å²) in [4.78, 5) is 29.9. The Morgan fingerprint density at radius 3 is 2.53 bits per heavy atom. The number of piperazine rings is 1. The number of hydrogen-bond acceptors (Lipinski definition) is 9. The fourth-order valence-electron chi connectivity index (χ4n) is 5.16. The molecule has 2 aromatic rings. The number of aromatic nitrogens is 3. The molecule has 0 saturated carbocycles. The van der Waals surface area contributed by atoms with Crippen LogP contribution in [0.25, 0.3) is 10.9 Å². The first kappa shape index (κ1) is 23.6. The van der Waals surface area contributed by atoms with E-state index < -0.39 is 21.5 Å². The summed E-state index contributed by atoms with van der Waals surface area (Å²) < 4.78 is 36.8. The predicted octanol–water partition coefficient (Wildman–Crippen LogP) is 3.47. The lowest BCUT2D eigenvalue weighted by molar-refractivity contribution is 0.000954. The van der Waals surface area contributed by atoms with E-state index in [4.69, 9.17) is 32.7 Å². The number of carbonyl (C=O) groups excluding carboxylic acids is 1. The number of rotatable bonds is 1. The van der Waals surface area contributed by atoms with Crippen molar-refractivity contribution in [2.75, 3.05) is 17.7 Å². The molecule has 10 nitrogen and oxygen atoms in total. The van der Waals surface area contributed by atoms with Gasteiger partial charge in [0, 0.05) is 12.8 Å². The summed E-state index contributed by atoms with van der Waals surface area (Å²) in [6, 6.07) is -0.689. The SMILES string of the molecule is C[C@@H]1Oc2nc(Cl)c(Cl)c3nc(S(C)(=O)=O)nc(c23)N2C[C@H]3CC[C@@H]([C@@H]12)N3C(=O)OC(C)(C)C. The van der Waals surface area contributed by atoms with E-state index in [-0.39, 0.29) is 50.9 Å². The molecule has 0 aromatic carbocycles. The van der Waals surface area contributed by atoms with Crippen LogP contribution in [0.1, 0.15) is 40.5 Å². The predicted molar refractivity (Wildman–Crippen MR) is 127 cm³/mol. The molecule has 13 heteroatoms. The minimum atomic E-state index is -3.76. The molecule has 2 aromatic heterocycles. The van der Waals surface area contributed by atoms with E-state index in [1.807, 2.05) is 32.6 Å². The van der Waals surface area contributed by atoms with Crippen LogP contribution in [-0.2, 0) is 14.6 Å². The zero-order valence-electron chi connectivity index (χ0n) is 19.4. The molecular formula is C21H25Cl2N5O5S. The fraction of sp³-hybridized carbons (Fsp3) is 0.619.